The SMILES string of the molecule is CCC(CC)N(C)S(=O)(=O)c1ccc(C(=O)O)cc1N. The Kier molecular flexibility index (Phi) is 5.13. The second-order valence-electron chi connectivity index (χ2n) is 4.55. The van der Waals surface area contributed by atoms with E-state index < -0.39 is 16.0 Å². The van der Waals surface area contributed by atoms with E-state index in [1.807, 2.05) is 13.8 Å². The van der Waals surface area contributed by atoms with Gasteiger partial charge in [-0.3, -0.25) is 0 Å². The van der Waals surface area contributed by atoms with Crippen molar-refractivity contribution in [2.75, 3.05) is 12.8 Å². The van der Waals surface area contributed by atoms with Crippen LogP contribution in [-0.2, 0) is 10.0 Å². The van der Waals surface area contributed by atoms with E-state index in [0.717, 1.165) is 6.07 Å². The summed E-state index contributed by atoms with van der Waals surface area (Å²) >= 11 is 0. The Morgan fingerprint density at radius 2 is 1.90 bits per heavy atom. The number of benzene rings is 1. The number of carboxylic acid groups (broad SMARTS) is 1. The molecular weight excluding hydrogens is 280 g/mol. The van der Waals surface area contributed by atoms with Gasteiger partial charge in [0.05, 0.1) is 11.3 Å². The first-order valence-corrected chi connectivity index (χ1v) is 7.80. The quantitative estimate of drug-likeness (QED) is 0.780. The summed E-state index contributed by atoms with van der Waals surface area (Å²) in [5, 5.41) is 8.86. The molecule has 0 unspecified atom stereocenters. The third-order valence-corrected chi connectivity index (χ3v) is 5.35. The van der Waals surface area contributed by atoms with E-state index in [-0.39, 0.29) is 22.2 Å². The van der Waals surface area contributed by atoms with E-state index >= 15 is 0 Å². The number of nitrogens with zero attached hydrogens (tertiary/aromatic N) is 1. The number of sulfonamides is 1. The molecule has 0 atom stereocenters. The molecule has 6 nitrogen and oxygen atoms in total. The Balaban J connectivity index is 3.26. The van der Waals surface area contributed by atoms with Gasteiger partial charge in [-0.15, -0.1) is 0 Å². The summed E-state index contributed by atoms with van der Waals surface area (Å²) in [6.07, 6.45) is 1.39. The predicted octanol–water partition coefficient (Wildman–Crippen LogP) is 1.78. The fourth-order valence-corrected chi connectivity index (χ4v) is 3.67. The van der Waals surface area contributed by atoms with Gasteiger partial charge in [0.15, 0.2) is 0 Å². The average Bonchev–Trinajstić information content (AvgIpc) is 2.39. The van der Waals surface area contributed by atoms with Gasteiger partial charge in [-0.2, -0.15) is 4.31 Å². The maximum Gasteiger partial charge on any atom is 0.335 e. The molecule has 3 N–H and O–H groups in total. The number of hydrogen-bond donors (Lipinski definition) is 2. The maximum absolute atomic E-state index is 12.5. The van der Waals surface area contributed by atoms with Gasteiger partial charge >= 0.3 is 5.97 Å². The maximum atomic E-state index is 12.5. The van der Waals surface area contributed by atoms with Gasteiger partial charge < -0.3 is 10.8 Å². The third kappa shape index (κ3) is 3.10. The normalized spacial score (nSPS) is 12.1. The van der Waals surface area contributed by atoms with Gasteiger partial charge in [0.25, 0.3) is 0 Å². The lowest BCUT2D eigenvalue weighted by molar-refractivity contribution is 0.0697. The van der Waals surface area contributed by atoms with Crippen LogP contribution >= 0.6 is 0 Å². The van der Waals surface area contributed by atoms with Gasteiger partial charge in [-0.25, -0.2) is 13.2 Å². The zero-order chi connectivity index (χ0) is 15.5. The Morgan fingerprint density at radius 3 is 2.30 bits per heavy atom. The topological polar surface area (TPSA) is 101 Å². The Morgan fingerprint density at radius 1 is 1.35 bits per heavy atom. The van der Waals surface area contributed by atoms with Gasteiger partial charge in [-0.05, 0) is 31.0 Å². The van der Waals surface area contributed by atoms with E-state index in [4.69, 9.17) is 10.8 Å². The highest BCUT2D eigenvalue weighted by atomic mass is 32.2. The van der Waals surface area contributed by atoms with E-state index in [2.05, 4.69) is 0 Å². The number of rotatable bonds is 6. The smallest absolute Gasteiger partial charge is 0.335 e. The standard InChI is InChI=1S/C13H20N2O4S/c1-4-10(5-2)15(3)20(18,19)12-7-6-9(13(16)17)8-11(12)14/h6-8,10H,4-5,14H2,1-3H3,(H,16,17). The second kappa shape index (κ2) is 6.23. The van der Waals surface area contributed by atoms with E-state index in [1.54, 1.807) is 0 Å². The largest absolute Gasteiger partial charge is 0.478 e. The molecule has 20 heavy (non-hydrogen) atoms. The minimum Gasteiger partial charge on any atom is -0.478 e. The predicted molar refractivity (Wildman–Crippen MR) is 77.1 cm³/mol. The van der Waals surface area contributed by atoms with Crippen LogP contribution in [0.2, 0.25) is 0 Å². The molecule has 112 valence electrons. The monoisotopic (exact) mass is 300 g/mol. The first-order valence-electron chi connectivity index (χ1n) is 6.36. The molecule has 0 aromatic heterocycles. The van der Waals surface area contributed by atoms with Crippen molar-refractivity contribution < 1.29 is 18.3 Å². The van der Waals surface area contributed by atoms with Crippen LogP contribution in [0.3, 0.4) is 0 Å². The van der Waals surface area contributed by atoms with Gasteiger partial charge in [0.1, 0.15) is 4.90 Å². The number of nitrogen functional groups attached to an aromatic ring is 1. The summed E-state index contributed by atoms with van der Waals surface area (Å²) in [4.78, 5) is 10.8. The minimum absolute atomic E-state index is 0.0355. The number of nitrogens with two attached hydrogens (primary N) is 1. The van der Waals surface area contributed by atoms with Crippen molar-refractivity contribution in [2.45, 2.75) is 37.6 Å². The van der Waals surface area contributed by atoms with E-state index in [1.165, 1.54) is 23.5 Å². The number of carbonyl (C=O) groups is 1. The highest BCUT2D eigenvalue weighted by Crippen LogP contribution is 2.25. The number of anilines is 1. The lowest BCUT2D eigenvalue weighted by atomic mass is 10.2. The summed E-state index contributed by atoms with van der Waals surface area (Å²) in [5.41, 5.74) is 5.61. The van der Waals surface area contributed by atoms with Crippen molar-refractivity contribution in [3.05, 3.63) is 23.8 Å². The summed E-state index contributed by atoms with van der Waals surface area (Å²) in [5.74, 6) is -1.14. The molecule has 0 saturated heterocycles. The summed E-state index contributed by atoms with van der Waals surface area (Å²) in [6.45, 7) is 3.83. The minimum atomic E-state index is -3.72. The van der Waals surface area contributed by atoms with Crippen molar-refractivity contribution in [3.8, 4) is 0 Å². The van der Waals surface area contributed by atoms with E-state index in [0.29, 0.717) is 12.8 Å². The van der Waals surface area contributed by atoms with Crippen molar-refractivity contribution in [1.82, 2.24) is 4.31 Å². The Hall–Kier alpha value is -1.60. The van der Waals surface area contributed by atoms with Gasteiger partial charge in [0.2, 0.25) is 10.0 Å². The molecule has 0 aliphatic rings. The zero-order valence-electron chi connectivity index (χ0n) is 11.8. The fraction of sp³-hybridized carbons (Fsp3) is 0.462. The molecule has 0 aliphatic heterocycles. The van der Waals surface area contributed by atoms with Gasteiger partial charge in [-0.1, -0.05) is 13.8 Å². The lowest BCUT2D eigenvalue weighted by Crippen LogP contribution is -2.36. The zero-order valence-corrected chi connectivity index (χ0v) is 12.6. The van der Waals surface area contributed by atoms with Crippen LogP contribution in [0, 0.1) is 0 Å². The molecule has 0 fully saturated rings. The molecule has 7 heteroatoms. The van der Waals surface area contributed by atoms with Gasteiger partial charge in [0, 0.05) is 13.1 Å². The van der Waals surface area contributed by atoms with Crippen LogP contribution < -0.4 is 5.73 Å². The van der Waals surface area contributed by atoms with Crippen LogP contribution in [0.5, 0.6) is 0 Å². The molecule has 1 aromatic rings. The van der Waals surface area contributed by atoms with Crippen molar-refractivity contribution in [3.63, 3.8) is 0 Å². The molecule has 0 amide bonds. The Labute approximate surface area is 119 Å². The van der Waals surface area contributed by atoms with Crippen LogP contribution in [0.4, 0.5) is 5.69 Å². The highest BCUT2D eigenvalue weighted by molar-refractivity contribution is 7.89. The molecule has 0 heterocycles. The first kappa shape index (κ1) is 16.5. The lowest BCUT2D eigenvalue weighted by Gasteiger charge is -2.26. The van der Waals surface area contributed by atoms with Crippen LogP contribution in [0.25, 0.3) is 0 Å². The van der Waals surface area contributed by atoms with E-state index in [9.17, 15) is 13.2 Å². The Bertz CT molecular complexity index is 594. The molecule has 0 aliphatic carbocycles. The summed E-state index contributed by atoms with van der Waals surface area (Å²) in [6, 6.07) is 3.54. The highest BCUT2D eigenvalue weighted by Gasteiger charge is 2.28. The molecule has 1 rings (SSSR count). The first-order chi connectivity index (χ1) is 9.25. The molecular formula is C13H20N2O4S. The van der Waals surface area contributed by atoms with Crippen molar-refractivity contribution in [2.24, 2.45) is 0 Å². The molecule has 0 spiro atoms. The molecule has 0 saturated carbocycles. The summed E-state index contributed by atoms with van der Waals surface area (Å²) in [7, 11) is -2.21. The van der Waals surface area contributed by atoms with Crippen molar-refractivity contribution in [1.29, 1.82) is 0 Å². The van der Waals surface area contributed by atoms with Crippen LogP contribution in [-0.4, -0.2) is 36.9 Å². The number of aromatic carboxylic acids is 1. The average molecular weight is 300 g/mol. The number of hydrogen-bond acceptors (Lipinski definition) is 4. The van der Waals surface area contributed by atoms with Crippen LogP contribution in [0.1, 0.15) is 37.0 Å². The molecule has 0 bridgehead atoms. The van der Waals surface area contributed by atoms with Crippen LogP contribution in [0.15, 0.2) is 23.1 Å². The number of carboxylic acids is 1. The summed E-state index contributed by atoms with van der Waals surface area (Å²) < 4.78 is 26.3. The van der Waals surface area contributed by atoms with Crippen molar-refractivity contribution >= 4 is 21.7 Å². The fourth-order valence-electron chi connectivity index (χ4n) is 2.07. The molecule has 1 aromatic carbocycles. The molecule has 0 radical (unpaired) electrons. The second-order valence-corrected chi connectivity index (χ2v) is 6.52. The third-order valence-electron chi connectivity index (χ3n) is 3.37.